The Balaban J connectivity index is 1.93. The monoisotopic (exact) mass is 228 g/mol. The van der Waals surface area contributed by atoms with Gasteiger partial charge in [0.15, 0.2) is 0 Å². The van der Waals surface area contributed by atoms with Crippen LogP contribution in [0.15, 0.2) is 0 Å². The van der Waals surface area contributed by atoms with Gasteiger partial charge in [-0.1, -0.05) is 0 Å². The van der Waals surface area contributed by atoms with Gasteiger partial charge < -0.3 is 5.32 Å². The number of hydrogen-bond donors (Lipinski definition) is 2. The minimum absolute atomic E-state index is 0.0906. The van der Waals surface area contributed by atoms with Crippen LogP contribution >= 0.6 is 0 Å². The number of rotatable bonds is 0. The number of carbonyl (C=O) groups excluding carboxylic acids is 2. The number of fused-ring (bicyclic) bond motifs is 2. The fourth-order valence-corrected chi connectivity index (χ4v) is 5.10. The largest absolute Gasteiger partial charge is 0.323 e. The molecule has 3 fully saturated rings. The first-order valence-electron chi connectivity index (χ1n) is 5.14. The van der Waals surface area contributed by atoms with Crippen molar-refractivity contribution in [3.05, 3.63) is 0 Å². The van der Waals surface area contributed by atoms with E-state index in [1.54, 1.807) is 0 Å². The van der Waals surface area contributed by atoms with Crippen molar-refractivity contribution in [1.82, 2.24) is 10.6 Å². The van der Waals surface area contributed by atoms with Crippen molar-refractivity contribution in [2.45, 2.75) is 41.7 Å². The summed E-state index contributed by atoms with van der Waals surface area (Å²) in [5.74, 6) is -0.235. The van der Waals surface area contributed by atoms with E-state index in [2.05, 4.69) is 10.6 Å². The summed E-state index contributed by atoms with van der Waals surface area (Å²) in [4.78, 5) is 22.8. The van der Waals surface area contributed by atoms with Crippen molar-refractivity contribution in [2.24, 2.45) is 0 Å². The zero-order valence-electron chi connectivity index (χ0n) is 8.12. The lowest BCUT2D eigenvalue weighted by atomic mass is 9.90. The third kappa shape index (κ3) is 1.17. The molecule has 2 unspecified atom stereocenters. The van der Waals surface area contributed by atoms with Crippen LogP contribution in [0.5, 0.6) is 0 Å². The smallest absolute Gasteiger partial charge is 0.322 e. The Morgan fingerprint density at radius 2 is 1.80 bits per heavy atom. The highest BCUT2D eigenvalue weighted by Gasteiger charge is 2.56. The molecule has 0 aliphatic carbocycles. The second-order valence-electron chi connectivity index (χ2n) is 4.55. The Labute approximate surface area is 89.4 Å². The van der Waals surface area contributed by atoms with Crippen LogP contribution in [0, 0.1) is 0 Å². The number of urea groups is 1. The normalized spacial score (nSPS) is 48.1. The predicted molar refractivity (Wildman–Crippen MR) is 53.6 cm³/mol. The van der Waals surface area contributed by atoms with Crippen molar-refractivity contribution >= 4 is 22.7 Å². The molecule has 0 aromatic rings. The van der Waals surface area contributed by atoms with Crippen molar-refractivity contribution in [3.8, 4) is 0 Å². The van der Waals surface area contributed by atoms with Gasteiger partial charge in [-0.05, 0) is 25.7 Å². The van der Waals surface area contributed by atoms with Gasteiger partial charge in [-0.25, -0.2) is 4.79 Å². The third-order valence-electron chi connectivity index (χ3n) is 3.63. The fourth-order valence-electron chi connectivity index (χ4n) is 2.92. The van der Waals surface area contributed by atoms with Crippen molar-refractivity contribution in [1.29, 1.82) is 0 Å². The van der Waals surface area contributed by atoms with Gasteiger partial charge in [-0.3, -0.25) is 14.3 Å². The molecule has 2 bridgehead atoms. The van der Waals surface area contributed by atoms with E-state index in [4.69, 9.17) is 0 Å². The van der Waals surface area contributed by atoms with Crippen molar-refractivity contribution < 1.29 is 13.8 Å². The summed E-state index contributed by atoms with van der Waals surface area (Å²) in [5.41, 5.74) is -0.753. The van der Waals surface area contributed by atoms with Crippen LogP contribution in [0.2, 0.25) is 0 Å². The molecule has 0 aromatic carbocycles. The first-order valence-corrected chi connectivity index (χ1v) is 6.41. The molecule has 0 aromatic heterocycles. The highest BCUT2D eigenvalue weighted by atomic mass is 32.2. The average molecular weight is 228 g/mol. The first kappa shape index (κ1) is 9.33. The average Bonchev–Trinajstić information content (AvgIpc) is 2.56. The molecule has 2 N–H and O–H groups in total. The Bertz CT molecular complexity index is 366. The molecule has 0 saturated carbocycles. The number of imide groups is 1. The maximum atomic E-state index is 11.8. The highest BCUT2D eigenvalue weighted by molar-refractivity contribution is 7.86. The van der Waals surface area contributed by atoms with Gasteiger partial charge in [0.25, 0.3) is 5.91 Å². The molecule has 3 aliphatic rings. The lowest BCUT2D eigenvalue weighted by Crippen LogP contribution is -2.54. The zero-order valence-corrected chi connectivity index (χ0v) is 8.93. The van der Waals surface area contributed by atoms with E-state index in [0.29, 0.717) is 12.8 Å². The van der Waals surface area contributed by atoms with Gasteiger partial charge in [0, 0.05) is 21.3 Å². The summed E-state index contributed by atoms with van der Waals surface area (Å²) < 4.78 is 11.8. The van der Waals surface area contributed by atoms with E-state index in [1.807, 2.05) is 0 Å². The molecule has 5 nitrogen and oxygen atoms in total. The molecule has 0 radical (unpaired) electrons. The molecule has 6 heteroatoms. The van der Waals surface area contributed by atoms with Crippen LogP contribution in [0.25, 0.3) is 0 Å². The Kier molecular flexibility index (Phi) is 1.75. The molecule has 3 aliphatic heterocycles. The minimum Gasteiger partial charge on any atom is -0.323 e. The number of nitrogens with one attached hydrogen (secondary N) is 2. The summed E-state index contributed by atoms with van der Waals surface area (Å²) in [5, 5.41) is 5.16. The van der Waals surface area contributed by atoms with Crippen LogP contribution in [0.1, 0.15) is 25.7 Å². The van der Waals surface area contributed by atoms with Gasteiger partial charge in [0.05, 0.1) is 0 Å². The summed E-state index contributed by atoms with van der Waals surface area (Å²) in [7, 11) is -0.798. The molecule has 3 saturated heterocycles. The lowest BCUT2D eigenvalue weighted by molar-refractivity contribution is -0.124. The van der Waals surface area contributed by atoms with E-state index in [0.717, 1.165) is 12.8 Å². The van der Waals surface area contributed by atoms with Crippen LogP contribution in [0.4, 0.5) is 4.79 Å². The van der Waals surface area contributed by atoms with Gasteiger partial charge in [-0.15, -0.1) is 0 Å². The Morgan fingerprint density at radius 3 is 2.27 bits per heavy atom. The molecule has 3 amide bonds. The van der Waals surface area contributed by atoms with Gasteiger partial charge >= 0.3 is 6.03 Å². The zero-order chi connectivity index (χ0) is 10.6. The molecule has 15 heavy (non-hydrogen) atoms. The van der Waals surface area contributed by atoms with Crippen LogP contribution in [-0.2, 0) is 15.6 Å². The summed E-state index contributed by atoms with van der Waals surface area (Å²) in [6.45, 7) is 0. The minimum atomic E-state index is -0.798. The van der Waals surface area contributed by atoms with E-state index in [-0.39, 0.29) is 16.4 Å². The third-order valence-corrected chi connectivity index (χ3v) is 5.75. The number of hydrogen-bond acceptors (Lipinski definition) is 3. The molecule has 1 spiro atoms. The van der Waals surface area contributed by atoms with Crippen molar-refractivity contribution in [2.75, 3.05) is 0 Å². The number of carbonyl (C=O) groups is 2. The van der Waals surface area contributed by atoms with Gasteiger partial charge in [0.1, 0.15) is 5.54 Å². The predicted octanol–water partition coefficient (Wildman–Crippen LogP) is -0.362. The molecule has 2 atom stereocenters. The molecule has 3 rings (SSSR count). The van der Waals surface area contributed by atoms with Gasteiger partial charge in [0.2, 0.25) is 0 Å². The molecular formula is C9H12N2O3S. The summed E-state index contributed by atoms with van der Waals surface area (Å²) in [6, 6.07) is -0.410. The Morgan fingerprint density at radius 1 is 1.20 bits per heavy atom. The van der Waals surface area contributed by atoms with E-state index in [1.165, 1.54) is 0 Å². The van der Waals surface area contributed by atoms with Crippen LogP contribution < -0.4 is 10.6 Å². The molecule has 82 valence electrons. The first-order chi connectivity index (χ1) is 7.11. The van der Waals surface area contributed by atoms with Gasteiger partial charge in [-0.2, -0.15) is 0 Å². The quantitative estimate of drug-likeness (QED) is 0.556. The van der Waals surface area contributed by atoms with Crippen LogP contribution in [0.3, 0.4) is 0 Å². The maximum Gasteiger partial charge on any atom is 0.322 e. The van der Waals surface area contributed by atoms with E-state index < -0.39 is 22.4 Å². The Hall–Kier alpha value is -0.910. The fraction of sp³-hybridized carbons (Fsp3) is 0.778. The molecular weight excluding hydrogens is 216 g/mol. The number of amides is 3. The van der Waals surface area contributed by atoms with Crippen molar-refractivity contribution in [3.63, 3.8) is 0 Å². The topological polar surface area (TPSA) is 75.3 Å². The highest BCUT2D eigenvalue weighted by Crippen LogP contribution is 2.41. The molecule has 3 heterocycles. The summed E-state index contributed by atoms with van der Waals surface area (Å²) >= 11 is 0. The van der Waals surface area contributed by atoms with E-state index >= 15 is 0 Å². The second kappa shape index (κ2) is 2.81. The standard InChI is InChI=1S/C9H12N2O3S/c12-7-9(11-8(13)10-7)3-5-1-2-6(4-9)15(5)14/h5-6H,1-4H2,(H2,10,11,12,13). The SMILES string of the molecule is O=C1NC(=O)C2(CC3CCC(C2)S3=O)N1. The second-order valence-corrected chi connectivity index (χ2v) is 6.54. The maximum absolute atomic E-state index is 11.8. The summed E-state index contributed by atoms with van der Waals surface area (Å²) in [6.07, 6.45) is 2.91. The lowest BCUT2D eigenvalue weighted by Gasteiger charge is -2.34. The van der Waals surface area contributed by atoms with E-state index in [9.17, 15) is 13.8 Å². The van der Waals surface area contributed by atoms with Crippen LogP contribution in [-0.4, -0.2) is 32.2 Å².